The van der Waals surface area contributed by atoms with Gasteiger partial charge in [0.15, 0.2) is 5.78 Å². The average molecular weight is 356 g/mol. The summed E-state index contributed by atoms with van der Waals surface area (Å²) in [4.78, 5) is 34.6. The molecule has 0 unspecified atom stereocenters. The molecule has 26 heavy (non-hydrogen) atoms. The van der Waals surface area contributed by atoms with E-state index in [2.05, 4.69) is 5.32 Å². The molecule has 0 saturated carbocycles. The molecular weight excluding hydrogens is 336 g/mol. The van der Waals surface area contributed by atoms with Crippen LogP contribution >= 0.6 is 0 Å². The third-order valence-electron chi connectivity index (χ3n) is 3.76. The summed E-state index contributed by atoms with van der Waals surface area (Å²) in [5.74, 6) is 0.156. The van der Waals surface area contributed by atoms with Crippen molar-refractivity contribution in [1.82, 2.24) is 0 Å². The molecule has 2 aromatic carbocycles. The summed E-state index contributed by atoms with van der Waals surface area (Å²) in [6.45, 7) is 4.05. The van der Waals surface area contributed by atoms with Crippen LogP contribution in [0.25, 0.3) is 0 Å². The van der Waals surface area contributed by atoms with Gasteiger partial charge in [-0.15, -0.1) is 0 Å². The lowest BCUT2D eigenvalue weighted by Gasteiger charge is -2.07. The van der Waals surface area contributed by atoms with Crippen molar-refractivity contribution < 1.29 is 19.2 Å². The van der Waals surface area contributed by atoms with Gasteiger partial charge in [0.1, 0.15) is 5.75 Å². The summed E-state index contributed by atoms with van der Waals surface area (Å²) in [6.07, 6.45) is 0.0431. The van der Waals surface area contributed by atoms with Crippen molar-refractivity contribution >= 4 is 23.1 Å². The highest BCUT2D eigenvalue weighted by atomic mass is 16.6. The lowest BCUT2D eigenvalue weighted by Crippen LogP contribution is -2.13. The Hall–Kier alpha value is -3.22. The number of nitrogens with zero attached hydrogens (tertiary/aromatic N) is 1. The van der Waals surface area contributed by atoms with Crippen molar-refractivity contribution in [3.05, 3.63) is 63.7 Å². The molecule has 0 saturated heterocycles. The molecule has 0 bridgehead atoms. The van der Waals surface area contributed by atoms with Gasteiger partial charge in [0.2, 0.25) is 5.91 Å². The van der Waals surface area contributed by atoms with Crippen molar-refractivity contribution in [2.45, 2.75) is 26.7 Å². The van der Waals surface area contributed by atoms with Crippen molar-refractivity contribution in [3.63, 3.8) is 0 Å². The zero-order valence-corrected chi connectivity index (χ0v) is 14.7. The fourth-order valence-corrected chi connectivity index (χ4v) is 2.38. The van der Waals surface area contributed by atoms with Crippen LogP contribution < -0.4 is 10.1 Å². The number of nitrogens with one attached hydrogen (secondary N) is 1. The Labute approximate surface area is 151 Å². The maximum absolute atomic E-state index is 12.1. The summed E-state index contributed by atoms with van der Waals surface area (Å²) >= 11 is 0. The van der Waals surface area contributed by atoms with Gasteiger partial charge in [-0.2, -0.15) is 0 Å². The van der Waals surface area contributed by atoms with Gasteiger partial charge in [-0.1, -0.05) is 6.07 Å². The monoisotopic (exact) mass is 356 g/mol. The smallest absolute Gasteiger partial charge is 0.274 e. The number of nitro groups is 1. The number of hydrogen-bond donors (Lipinski definition) is 1. The number of anilines is 1. The van der Waals surface area contributed by atoms with E-state index in [1.807, 2.05) is 6.92 Å². The van der Waals surface area contributed by atoms with E-state index in [4.69, 9.17) is 4.74 Å². The van der Waals surface area contributed by atoms with Crippen molar-refractivity contribution in [1.29, 1.82) is 0 Å². The van der Waals surface area contributed by atoms with Crippen LogP contribution in [0.2, 0.25) is 0 Å². The highest BCUT2D eigenvalue weighted by molar-refractivity contribution is 6.00. The van der Waals surface area contributed by atoms with Crippen LogP contribution in [0.4, 0.5) is 11.4 Å². The molecule has 136 valence electrons. The van der Waals surface area contributed by atoms with Gasteiger partial charge < -0.3 is 10.1 Å². The first-order valence-electron chi connectivity index (χ1n) is 8.21. The van der Waals surface area contributed by atoms with Gasteiger partial charge in [-0.25, -0.2) is 0 Å². The predicted octanol–water partition coefficient (Wildman–Crippen LogP) is 3.90. The Morgan fingerprint density at radius 3 is 2.42 bits per heavy atom. The second-order valence-electron chi connectivity index (χ2n) is 5.69. The standard InChI is InChI=1S/C19H20N2O5/c1-3-26-16-8-5-14(6-9-16)18(22)10-11-19(23)20-15-7-4-13(2)17(12-15)21(24)25/h4-9,12H,3,10-11H2,1-2H3,(H,20,23). The fraction of sp³-hybridized carbons (Fsp3) is 0.263. The normalized spacial score (nSPS) is 10.2. The van der Waals surface area contributed by atoms with Gasteiger partial charge in [-0.3, -0.25) is 19.7 Å². The van der Waals surface area contributed by atoms with Gasteiger partial charge in [0, 0.05) is 35.7 Å². The van der Waals surface area contributed by atoms with Gasteiger partial charge in [0.25, 0.3) is 5.69 Å². The number of ketones is 1. The number of benzene rings is 2. The molecule has 0 fully saturated rings. The molecule has 0 radical (unpaired) electrons. The minimum atomic E-state index is -0.500. The third kappa shape index (κ3) is 5.14. The van der Waals surface area contributed by atoms with E-state index >= 15 is 0 Å². The molecule has 7 nitrogen and oxygen atoms in total. The molecule has 0 aliphatic rings. The lowest BCUT2D eigenvalue weighted by atomic mass is 10.1. The number of hydrogen-bond acceptors (Lipinski definition) is 5. The number of ether oxygens (including phenoxy) is 1. The van der Waals surface area contributed by atoms with E-state index in [0.717, 1.165) is 0 Å². The second kappa shape index (κ2) is 8.75. The van der Waals surface area contributed by atoms with E-state index in [9.17, 15) is 19.7 Å². The minimum absolute atomic E-state index is 0.00623. The Balaban J connectivity index is 1.91. The summed E-state index contributed by atoms with van der Waals surface area (Å²) in [7, 11) is 0. The van der Waals surface area contributed by atoms with E-state index in [1.165, 1.54) is 6.07 Å². The van der Waals surface area contributed by atoms with Crippen LogP contribution in [0, 0.1) is 17.0 Å². The molecule has 2 aromatic rings. The molecule has 0 heterocycles. The number of carbonyl (C=O) groups is 2. The fourth-order valence-electron chi connectivity index (χ4n) is 2.38. The van der Waals surface area contributed by atoms with Crippen LogP contribution in [0.1, 0.15) is 35.7 Å². The van der Waals surface area contributed by atoms with E-state index in [0.29, 0.717) is 29.2 Å². The SMILES string of the molecule is CCOc1ccc(C(=O)CCC(=O)Nc2ccc(C)c([N+](=O)[O-])c2)cc1. The number of carbonyl (C=O) groups excluding carboxylic acids is 2. The number of Topliss-reactive ketones (excluding diaryl/α,β-unsaturated/α-hetero) is 1. The maximum atomic E-state index is 12.1. The Morgan fingerprint density at radius 2 is 1.81 bits per heavy atom. The first kappa shape index (κ1) is 19.1. The molecule has 1 amide bonds. The van der Waals surface area contributed by atoms with Crippen molar-refractivity contribution in [2.75, 3.05) is 11.9 Å². The quantitative estimate of drug-likeness (QED) is 0.439. The van der Waals surface area contributed by atoms with Crippen LogP contribution in [-0.4, -0.2) is 23.2 Å². The van der Waals surface area contributed by atoms with Gasteiger partial charge >= 0.3 is 0 Å². The van der Waals surface area contributed by atoms with E-state index in [1.54, 1.807) is 43.3 Å². The predicted molar refractivity (Wildman–Crippen MR) is 97.6 cm³/mol. The molecule has 7 heteroatoms. The third-order valence-corrected chi connectivity index (χ3v) is 3.76. The maximum Gasteiger partial charge on any atom is 0.274 e. The summed E-state index contributed by atoms with van der Waals surface area (Å²) in [6, 6.07) is 11.2. The average Bonchev–Trinajstić information content (AvgIpc) is 2.62. The van der Waals surface area contributed by atoms with Crippen molar-refractivity contribution in [2.24, 2.45) is 0 Å². The second-order valence-corrected chi connectivity index (χ2v) is 5.69. The van der Waals surface area contributed by atoms with Gasteiger partial charge in [0.05, 0.1) is 11.5 Å². The number of rotatable bonds is 8. The van der Waals surface area contributed by atoms with E-state index in [-0.39, 0.29) is 30.2 Å². The lowest BCUT2D eigenvalue weighted by molar-refractivity contribution is -0.385. The molecule has 2 rings (SSSR count). The topological polar surface area (TPSA) is 98.5 Å². The largest absolute Gasteiger partial charge is 0.494 e. The Kier molecular flexibility index (Phi) is 6.43. The number of amides is 1. The summed E-state index contributed by atoms with van der Waals surface area (Å²) in [5.41, 5.74) is 1.29. The van der Waals surface area contributed by atoms with Crippen LogP contribution in [0.3, 0.4) is 0 Å². The molecule has 0 aliphatic heterocycles. The number of nitro benzene ring substituents is 1. The molecule has 0 aliphatic carbocycles. The molecule has 0 atom stereocenters. The zero-order valence-electron chi connectivity index (χ0n) is 14.7. The first-order valence-corrected chi connectivity index (χ1v) is 8.21. The van der Waals surface area contributed by atoms with E-state index < -0.39 is 4.92 Å². The Bertz CT molecular complexity index is 815. The minimum Gasteiger partial charge on any atom is -0.494 e. The van der Waals surface area contributed by atoms with Crippen molar-refractivity contribution in [3.8, 4) is 5.75 Å². The molecule has 0 aromatic heterocycles. The first-order chi connectivity index (χ1) is 12.4. The summed E-state index contributed by atoms with van der Waals surface area (Å²) < 4.78 is 5.32. The van der Waals surface area contributed by atoms with Crippen LogP contribution in [0.5, 0.6) is 5.75 Å². The molecule has 1 N–H and O–H groups in total. The Morgan fingerprint density at radius 1 is 1.12 bits per heavy atom. The molecule has 0 spiro atoms. The highest BCUT2D eigenvalue weighted by Crippen LogP contribution is 2.22. The zero-order chi connectivity index (χ0) is 19.1. The van der Waals surface area contributed by atoms with Crippen LogP contribution in [-0.2, 0) is 4.79 Å². The van der Waals surface area contributed by atoms with Gasteiger partial charge in [-0.05, 0) is 44.2 Å². The molecular formula is C19H20N2O5. The van der Waals surface area contributed by atoms with Crippen LogP contribution in [0.15, 0.2) is 42.5 Å². The summed E-state index contributed by atoms with van der Waals surface area (Å²) in [5, 5.41) is 13.5. The highest BCUT2D eigenvalue weighted by Gasteiger charge is 2.14. The number of aryl methyl sites for hydroxylation is 1.